The highest BCUT2D eigenvalue weighted by atomic mass is 32.1. The normalized spacial score (nSPS) is 22.4. The van der Waals surface area contributed by atoms with Crippen molar-refractivity contribution in [3.8, 4) is 5.75 Å². The molecular weight excluding hydrogens is 330 g/mol. The summed E-state index contributed by atoms with van der Waals surface area (Å²) in [5.41, 5.74) is 1.95. The maximum Gasteiger partial charge on any atom is 0.118 e. The van der Waals surface area contributed by atoms with Crippen molar-refractivity contribution in [3.05, 3.63) is 46.4 Å². The predicted molar refractivity (Wildman–Crippen MR) is 102 cm³/mol. The van der Waals surface area contributed by atoms with Gasteiger partial charge in [0.25, 0.3) is 0 Å². The molecule has 2 aliphatic rings. The fraction of sp³-hybridized carbons (Fsp3) is 0.550. The van der Waals surface area contributed by atoms with Crippen LogP contribution in [0.5, 0.6) is 5.75 Å². The van der Waals surface area contributed by atoms with E-state index in [0.29, 0.717) is 5.41 Å². The minimum absolute atomic E-state index is 0.572. The maximum atomic E-state index is 5.24. The Morgan fingerprint density at radius 2 is 2.04 bits per heavy atom. The highest BCUT2D eigenvalue weighted by molar-refractivity contribution is 7.09. The van der Waals surface area contributed by atoms with Crippen molar-refractivity contribution in [3.63, 3.8) is 0 Å². The van der Waals surface area contributed by atoms with Gasteiger partial charge >= 0.3 is 0 Å². The number of rotatable bonds is 6. The van der Waals surface area contributed by atoms with Crippen molar-refractivity contribution in [2.45, 2.75) is 38.4 Å². The van der Waals surface area contributed by atoms with Gasteiger partial charge in [0, 0.05) is 24.2 Å². The number of hydrogen-bond acceptors (Lipinski definition) is 5. The zero-order valence-electron chi connectivity index (χ0n) is 15.1. The first kappa shape index (κ1) is 17.0. The van der Waals surface area contributed by atoms with Gasteiger partial charge in [-0.15, -0.1) is 11.3 Å². The molecule has 1 aliphatic carbocycles. The summed E-state index contributed by atoms with van der Waals surface area (Å²) < 4.78 is 5.24. The van der Waals surface area contributed by atoms with Crippen LogP contribution in [0.1, 0.15) is 29.8 Å². The number of methoxy groups -OCH3 is 1. The summed E-state index contributed by atoms with van der Waals surface area (Å²) in [6, 6.07) is 9.24. The van der Waals surface area contributed by atoms with Crippen molar-refractivity contribution in [2.75, 3.05) is 27.2 Å². The van der Waals surface area contributed by atoms with Crippen LogP contribution in [0.2, 0.25) is 0 Å². The Bertz CT molecular complexity index is 677. The van der Waals surface area contributed by atoms with Gasteiger partial charge in [-0.2, -0.15) is 0 Å². The van der Waals surface area contributed by atoms with Gasteiger partial charge in [0.1, 0.15) is 10.8 Å². The standard InChI is InChI=1S/C20H27N3OS/c1-22(15-19-21-9-12-25-19)18-13-20(18)7-10-23(11-8-20)14-16-3-5-17(24-2)6-4-16/h3-6,9,12,18H,7-8,10-11,13-15H2,1-2H3/t18-/m0/s1. The molecule has 0 bridgehead atoms. The molecule has 25 heavy (non-hydrogen) atoms. The molecule has 0 radical (unpaired) electrons. The van der Waals surface area contributed by atoms with Crippen LogP contribution in [0, 0.1) is 5.41 Å². The molecule has 4 nitrogen and oxygen atoms in total. The molecule has 1 atom stereocenters. The van der Waals surface area contributed by atoms with E-state index < -0.39 is 0 Å². The lowest BCUT2D eigenvalue weighted by molar-refractivity contribution is 0.139. The first-order valence-electron chi connectivity index (χ1n) is 9.12. The van der Waals surface area contributed by atoms with Gasteiger partial charge in [-0.3, -0.25) is 9.80 Å². The summed E-state index contributed by atoms with van der Waals surface area (Å²) >= 11 is 1.77. The van der Waals surface area contributed by atoms with Gasteiger partial charge in [0.05, 0.1) is 13.7 Å². The Balaban J connectivity index is 1.27. The highest BCUT2D eigenvalue weighted by Gasteiger charge is 2.56. The first-order chi connectivity index (χ1) is 12.2. The number of nitrogens with zero attached hydrogens (tertiary/aromatic N) is 3. The van der Waals surface area contributed by atoms with E-state index in [4.69, 9.17) is 4.74 Å². The van der Waals surface area contributed by atoms with Crippen LogP contribution in [0.4, 0.5) is 0 Å². The zero-order valence-corrected chi connectivity index (χ0v) is 16.0. The second-order valence-corrected chi connectivity index (χ2v) is 8.53. The second-order valence-electron chi connectivity index (χ2n) is 7.55. The first-order valence-corrected chi connectivity index (χ1v) is 10.0. The van der Waals surface area contributed by atoms with Crippen LogP contribution in [-0.2, 0) is 13.1 Å². The molecule has 4 rings (SSSR count). The number of thiazole rings is 1. The van der Waals surface area contributed by atoms with Crippen molar-refractivity contribution >= 4 is 11.3 Å². The Hall–Kier alpha value is -1.43. The summed E-state index contributed by atoms with van der Waals surface area (Å²) in [5.74, 6) is 0.936. The molecule has 2 aromatic rings. The molecule has 0 amide bonds. The molecule has 1 spiro atoms. The third-order valence-electron chi connectivity index (χ3n) is 5.96. The fourth-order valence-corrected chi connectivity index (χ4v) is 4.97. The molecule has 1 aromatic heterocycles. The lowest BCUT2D eigenvalue weighted by Gasteiger charge is -2.34. The molecule has 1 aromatic carbocycles. The summed E-state index contributed by atoms with van der Waals surface area (Å²) in [6.07, 6.45) is 5.94. The van der Waals surface area contributed by atoms with Gasteiger partial charge in [0.2, 0.25) is 0 Å². The minimum atomic E-state index is 0.572. The lowest BCUT2D eigenvalue weighted by Crippen LogP contribution is -2.37. The van der Waals surface area contributed by atoms with Crippen molar-refractivity contribution in [2.24, 2.45) is 5.41 Å². The number of benzene rings is 1. The van der Waals surface area contributed by atoms with Crippen molar-refractivity contribution < 1.29 is 4.74 Å². The minimum Gasteiger partial charge on any atom is -0.497 e. The van der Waals surface area contributed by atoms with Crippen LogP contribution in [0.25, 0.3) is 0 Å². The van der Waals surface area contributed by atoms with E-state index in [-0.39, 0.29) is 0 Å². The van der Waals surface area contributed by atoms with Crippen LogP contribution in [-0.4, -0.2) is 48.1 Å². The summed E-state index contributed by atoms with van der Waals surface area (Å²) in [6.45, 7) is 4.49. The highest BCUT2D eigenvalue weighted by Crippen LogP contribution is 2.56. The summed E-state index contributed by atoms with van der Waals surface area (Å²) in [7, 11) is 3.99. The maximum absolute atomic E-state index is 5.24. The van der Waals surface area contributed by atoms with E-state index in [2.05, 4.69) is 51.5 Å². The third-order valence-corrected chi connectivity index (χ3v) is 6.73. The average Bonchev–Trinajstić information content (AvgIpc) is 3.09. The molecule has 2 heterocycles. The quantitative estimate of drug-likeness (QED) is 0.789. The molecule has 1 saturated heterocycles. The Morgan fingerprint density at radius 1 is 1.28 bits per heavy atom. The van der Waals surface area contributed by atoms with E-state index in [9.17, 15) is 0 Å². The van der Waals surface area contributed by atoms with Crippen molar-refractivity contribution in [1.82, 2.24) is 14.8 Å². The second kappa shape index (κ2) is 7.06. The number of likely N-dealkylation sites (tertiary alicyclic amines) is 1. The Morgan fingerprint density at radius 3 is 2.68 bits per heavy atom. The van der Waals surface area contributed by atoms with Gasteiger partial charge in [0.15, 0.2) is 0 Å². The molecule has 0 N–H and O–H groups in total. The van der Waals surface area contributed by atoms with E-state index >= 15 is 0 Å². The molecule has 1 aliphatic heterocycles. The monoisotopic (exact) mass is 357 g/mol. The SMILES string of the molecule is COc1ccc(CN2CCC3(CC2)C[C@@H]3N(C)Cc2nccs2)cc1. The topological polar surface area (TPSA) is 28.6 Å². The predicted octanol–water partition coefficient (Wildman–Crippen LogP) is 3.64. The van der Waals surface area contributed by atoms with Crippen LogP contribution >= 0.6 is 11.3 Å². The van der Waals surface area contributed by atoms with Crippen LogP contribution < -0.4 is 4.74 Å². The number of aromatic nitrogens is 1. The average molecular weight is 358 g/mol. The van der Waals surface area contributed by atoms with E-state index in [1.807, 2.05) is 6.20 Å². The Labute approximate surface area is 154 Å². The van der Waals surface area contributed by atoms with Crippen molar-refractivity contribution in [1.29, 1.82) is 0 Å². The largest absolute Gasteiger partial charge is 0.497 e. The van der Waals surface area contributed by atoms with E-state index in [1.54, 1.807) is 18.4 Å². The number of hydrogen-bond donors (Lipinski definition) is 0. The Kier molecular flexibility index (Phi) is 4.80. The van der Waals surface area contributed by atoms with E-state index in [0.717, 1.165) is 24.9 Å². The summed E-state index contributed by atoms with van der Waals surface area (Å²) in [4.78, 5) is 9.56. The molecule has 2 fully saturated rings. The van der Waals surface area contributed by atoms with Gasteiger partial charge < -0.3 is 4.74 Å². The molecule has 134 valence electrons. The molecular formula is C20H27N3OS. The van der Waals surface area contributed by atoms with Crippen LogP contribution in [0.3, 0.4) is 0 Å². The lowest BCUT2D eigenvalue weighted by atomic mass is 9.92. The summed E-state index contributed by atoms with van der Waals surface area (Å²) in [5, 5.41) is 3.31. The molecule has 5 heteroatoms. The third kappa shape index (κ3) is 3.73. The smallest absolute Gasteiger partial charge is 0.118 e. The molecule has 1 saturated carbocycles. The van der Waals surface area contributed by atoms with Crippen LogP contribution in [0.15, 0.2) is 35.8 Å². The molecule has 0 unspecified atom stereocenters. The number of ether oxygens (including phenoxy) is 1. The van der Waals surface area contributed by atoms with Gasteiger partial charge in [-0.1, -0.05) is 12.1 Å². The van der Waals surface area contributed by atoms with Gasteiger partial charge in [-0.05, 0) is 62.5 Å². The zero-order chi connectivity index (χ0) is 17.3. The van der Waals surface area contributed by atoms with E-state index in [1.165, 1.54) is 42.9 Å². The number of piperidine rings is 1. The van der Waals surface area contributed by atoms with Gasteiger partial charge in [-0.25, -0.2) is 4.98 Å². The fourth-order valence-electron chi connectivity index (χ4n) is 4.29.